The molecular formula is C17H16FN5O3S. The molecule has 1 heterocycles. The number of hydrogen-bond acceptors (Lipinski definition) is 5. The number of likely N-dealkylation sites (N-methyl/N-ethyl adjacent to an activating group) is 1. The van der Waals surface area contributed by atoms with Crippen LogP contribution in [-0.4, -0.2) is 47.0 Å². The van der Waals surface area contributed by atoms with Crippen molar-refractivity contribution < 1.29 is 17.6 Å². The highest BCUT2D eigenvalue weighted by molar-refractivity contribution is 7.89. The summed E-state index contributed by atoms with van der Waals surface area (Å²) in [7, 11) is -2.64. The normalized spacial score (nSPS) is 11.5. The van der Waals surface area contributed by atoms with Gasteiger partial charge in [0.05, 0.1) is 22.8 Å². The largest absolute Gasteiger partial charge is 0.323 e. The van der Waals surface area contributed by atoms with Gasteiger partial charge in [0, 0.05) is 7.05 Å². The maximum absolute atomic E-state index is 13.0. The van der Waals surface area contributed by atoms with Crippen molar-refractivity contribution in [3.63, 3.8) is 0 Å². The van der Waals surface area contributed by atoms with Gasteiger partial charge in [0.15, 0.2) is 0 Å². The number of carbonyl (C=O) groups excluding carboxylic acids is 1. The van der Waals surface area contributed by atoms with E-state index in [-0.39, 0.29) is 4.90 Å². The average molecular weight is 389 g/mol. The van der Waals surface area contributed by atoms with Crippen molar-refractivity contribution in [2.75, 3.05) is 18.9 Å². The Bertz CT molecular complexity index is 1040. The Kier molecular flexibility index (Phi) is 5.28. The van der Waals surface area contributed by atoms with Crippen LogP contribution in [0.25, 0.3) is 5.69 Å². The number of para-hydroxylation sites is 2. The number of halogens is 1. The van der Waals surface area contributed by atoms with Gasteiger partial charge in [-0.3, -0.25) is 4.79 Å². The van der Waals surface area contributed by atoms with E-state index in [4.69, 9.17) is 0 Å². The minimum atomic E-state index is -3.92. The molecule has 8 nitrogen and oxygen atoms in total. The maximum atomic E-state index is 13.0. The smallest absolute Gasteiger partial charge is 0.243 e. The Morgan fingerprint density at radius 1 is 1.19 bits per heavy atom. The van der Waals surface area contributed by atoms with Gasteiger partial charge in [0.1, 0.15) is 18.5 Å². The zero-order valence-corrected chi connectivity index (χ0v) is 15.1. The van der Waals surface area contributed by atoms with Crippen molar-refractivity contribution in [2.24, 2.45) is 0 Å². The van der Waals surface area contributed by atoms with Gasteiger partial charge in [0.25, 0.3) is 0 Å². The molecule has 0 radical (unpaired) electrons. The molecule has 2 aromatic carbocycles. The molecule has 0 aliphatic rings. The van der Waals surface area contributed by atoms with E-state index in [0.29, 0.717) is 11.4 Å². The molecule has 0 spiro atoms. The molecule has 140 valence electrons. The van der Waals surface area contributed by atoms with Crippen LogP contribution in [-0.2, 0) is 14.8 Å². The Balaban J connectivity index is 1.74. The molecule has 0 saturated heterocycles. The minimum Gasteiger partial charge on any atom is -0.323 e. The van der Waals surface area contributed by atoms with Gasteiger partial charge >= 0.3 is 0 Å². The first kappa shape index (κ1) is 18.7. The summed E-state index contributed by atoms with van der Waals surface area (Å²) in [5, 5.41) is 6.69. The number of carbonyl (C=O) groups is 1. The van der Waals surface area contributed by atoms with E-state index in [1.807, 2.05) is 0 Å². The average Bonchev–Trinajstić information content (AvgIpc) is 3.17. The lowest BCUT2D eigenvalue weighted by Gasteiger charge is -2.17. The molecule has 0 aliphatic carbocycles. The van der Waals surface area contributed by atoms with Gasteiger partial charge in [0.2, 0.25) is 15.9 Å². The summed E-state index contributed by atoms with van der Waals surface area (Å²) in [4.78, 5) is 16.1. The molecule has 1 amide bonds. The van der Waals surface area contributed by atoms with E-state index in [2.05, 4.69) is 15.4 Å². The second-order valence-corrected chi connectivity index (χ2v) is 7.67. The zero-order valence-electron chi connectivity index (χ0n) is 14.3. The third-order valence-electron chi connectivity index (χ3n) is 3.73. The molecule has 0 saturated carbocycles. The number of aromatic nitrogens is 3. The van der Waals surface area contributed by atoms with Crippen LogP contribution >= 0.6 is 0 Å². The van der Waals surface area contributed by atoms with Gasteiger partial charge in [-0.05, 0) is 36.4 Å². The van der Waals surface area contributed by atoms with E-state index >= 15 is 0 Å². The van der Waals surface area contributed by atoms with Crippen molar-refractivity contribution in [1.82, 2.24) is 19.1 Å². The molecule has 0 aliphatic heterocycles. The van der Waals surface area contributed by atoms with E-state index in [9.17, 15) is 17.6 Å². The Morgan fingerprint density at radius 2 is 1.89 bits per heavy atom. The van der Waals surface area contributed by atoms with Crippen molar-refractivity contribution in [1.29, 1.82) is 0 Å². The van der Waals surface area contributed by atoms with Crippen molar-refractivity contribution in [2.45, 2.75) is 4.90 Å². The Morgan fingerprint density at radius 3 is 2.56 bits per heavy atom. The van der Waals surface area contributed by atoms with Crippen LogP contribution in [0.5, 0.6) is 0 Å². The van der Waals surface area contributed by atoms with Crippen LogP contribution in [0.3, 0.4) is 0 Å². The van der Waals surface area contributed by atoms with Crippen LogP contribution < -0.4 is 5.32 Å². The van der Waals surface area contributed by atoms with Crippen molar-refractivity contribution >= 4 is 21.6 Å². The van der Waals surface area contributed by atoms with Crippen LogP contribution in [0, 0.1) is 5.82 Å². The topological polar surface area (TPSA) is 97.2 Å². The first-order chi connectivity index (χ1) is 12.9. The number of sulfonamides is 1. The second-order valence-electron chi connectivity index (χ2n) is 5.62. The number of nitrogens with zero attached hydrogens (tertiary/aromatic N) is 4. The summed E-state index contributed by atoms with van der Waals surface area (Å²) < 4.78 is 40.3. The molecule has 27 heavy (non-hydrogen) atoms. The predicted molar refractivity (Wildman–Crippen MR) is 96.2 cm³/mol. The molecule has 0 fully saturated rings. The van der Waals surface area contributed by atoms with E-state index in [0.717, 1.165) is 28.6 Å². The lowest BCUT2D eigenvalue weighted by Crippen LogP contribution is -2.35. The van der Waals surface area contributed by atoms with Gasteiger partial charge < -0.3 is 5.32 Å². The van der Waals surface area contributed by atoms with E-state index < -0.39 is 28.3 Å². The van der Waals surface area contributed by atoms with Crippen LogP contribution in [0.4, 0.5) is 10.1 Å². The third kappa shape index (κ3) is 4.18. The molecule has 0 atom stereocenters. The van der Waals surface area contributed by atoms with Crippen molar-refractivity contribution in [3.8, 4) is 5.69 Å². The molecule has 0 bridgehead atoms. The number of anilines is 1. The summed E-state index contributed by atoms with van der Waals surface area (Å²) in [6, 6.07) is 11.3. The summed E-state index contributed by atoms with van der Waals surface area (Å²) in [5.74, 6) is -1.07. The SMILES string of the molecule is CN(CC(=O)Nc1ccccc1-n1cncn1)S(=O)(=O)c1ccc(F)cc1. The van der Waals surface area contributed by atoms with Gasteiger partial charge in [-0.15, -0.1) is 0 Å². The van der Waals surface area contributed by atoms with Gasteiger partial charge in [-0.25, -0.2) is 22.5 Å². The summed E-state index contributed by atoms with van der Waals surface area (Å²) in [6.45, 7) is -0.411. The molecule has 3 aromatic rings. The van der Waals surface area contributed by atoms with Gasteiger partial charge in [-0.1, -0.05) is 12.1 Å². The van der Waals surface area contributed by atoms with Gasteiger partial charge in [-0.2, -0.15) is 9.40 Å². The monoisotopic (exact) mass is 389 g/mol. The number of nitrogens with one attached hydrogen (secondary N) is 1. The predicted octanol–water partition coefficient (Wildman–Crippen LogP) is 1.67. The lowest BCUT2D eigenvalue weighted by molar-refractivity contribution is -0.116. The summed E-state index contributed by atoms with van der Waals surface area (Å²) in [6.07, 6.45) is 2.84. The quantitative estimate of drug-likeness (QED) is 0.692. The highest BCUT2D eigenvalue weighted by Crippen LogP contribution is 2.19. The van der Waals surface area contributed by atoms with E-state index in [1.165, 1.54) is 24.4 Å². The summed E-state index contributed by atoms with van der Waals surface area (Å²) in [5.41, 5.74) is 1.05. The minimum absolute atomic E-state index is 0.0952. The first-order valence-electron chi connectivity index (χ1n) is 7.84. The standard InChI is InChI=1S/C17H16FN5O3S/c1-22(27(25,26)14-8-6-13(18)7-9-14)10-17(24)21-15-4-2-3-5-16(15)23-12-19-11-20-23/h2-9,11-12H,10H2,1H3,(H,21,24). The molecule has 10 heteroatoms. The van der Waals surface area contributed by atoms with E-state index in [1.54, 1.807) is 24.3 Å². The Hall–Kier alpha value is -3.11. The van der Waals surface area contributed by atoms with Crippen LogP contribution in [0.15, 0.2) is 66.1 Å². The number of benzene rings is 2. The fraction of sp³-hybridized carbons (Fsp3) is 0.118. The fourth-order valence-corrected chi connectivity index (χ4v) is 3.50. The third-order valence-corrected chi connectivity index (χ3v) is 5.55. The lowest BCUT2D eigenvalue weighted by atomic mass is 10.2. The molecular weight excluding hydrogens is 373 g/mol. The molecule has 1 N–H and O–H groups in total. The highest BCUT2D eigenvalue weighted by Gasteiger charge is 2.23. The maximum Gasteiger partial charge on any atom is 0.243 e. The zero-order chi connectivity index (χ0) is 19.4. The summed E-state index contributed by atoms with van der Waals surface area (Å²) >= 11 is 0. The molecule has 1 aromatic heterocycles. The Labute approximate surface area is 155 Å². The first-order valence-corrected chi connectivity index (χ1v) is 9.28. The van der Waals surface area contributed by atoms with Crippen LogP contribution in [0.2, 0.25) is 0 Å². The number of amides is 1. The molecule has 0 unspecified atom stereocenters. The second kappa shape index (κ2) is 7.64. The van der Waals surface area contributed by atoms with Crippen molar-refractivity contribution in [3.05, 3.63) is 67.0 Å². The highest BCUT2D eigenvalue weighted by atomic mass is 32.2. The number of rotatable bonds is 6. The number of hydrogen-bond donors (Lipinski definition) is 1. The van der Waals surface area contributed by atoms with Crippen LogP contribution in [0.1, 0.15) is 0 Å². The fourth-order valence-electron chi connectivity index (χ4n) is 2.38. The molecule has 3 rings (SSSR count).